The molecular weight excluding hydrogens is 306 g/mol. The monoisotopic (exact) mass is 325 g/mol. The maximum Gasteiger partial charge on any atom is 0.230 e. The van der Waals surface area contributed by atoms with E-state index in [-0.39, 0.29) is 11.3 Å². The Labute approximate surface area is 122 Å². The molecule has 1 aromatic rings. The van der Waals surface area contributed by atoms with Crippen molar-refractivity contribution in [3.63, 3.8) is 0 Å². The zero-order valence-corrected chi connectivity index (χ0v) is 13.0. The van der Waals surface area contributed by atoms with Crippen LogP contribution in [0, 0.1) is 5.41 Å². The number of ether oxygens (including phenoxy) is 1. The lowest BCUT2D eigenvalue weighted by molar-refractivity contribution is -0.125. The summed E-state index contributed by atoms with van der Waals surface area (Å²) in [6, 6.07) is 5.64. The highest BCUT2D eigenvalue weighted by Crippen LogP contribution is 2.42. The minimum atomic E-state index is -0.187. The molecule has 0 aliphatic heterocycles. The molecule has 1 saturated carbocycles. The van der Waals surface area contributed by atoms with Crippen molar-refractivity contribution >= 4 is 27.5 Å². The molecule has 0 atom stereocenters. The first-order valence-electron chi connectivity index (χ1n) is 6.76. The third kappa shape index (κ3) is 2.94. The molecule has 19 heavy (non-hydrogen) atoms. The van der Waals surface area contributed by atoms with Gasteiger partial charge >= 0.3 is 0 Å². The van der Waals surface area contributed by atoms with E-state index < -0.39 is 0 Å². The van der Waals surface area contributed by atoms with Crippen LogP contribution >= 0.6 is 15.9 Å². The Kier molecular flexibility index (Phi) is 4.50. The summed E-state index contributed by atoms with van der Waals surface area (Å²) in [4.78, 5) is 12.6. The maximum absolute atomic E-state index is 12.6. The predicted octanol–water partition coefficient (Wildman–Crippen LogP) is 4.37. The molecule has 0 saturated heterocycles. The number of hydrogen-bond acceptors (Lipinski definition) is 2. The summed E-state index contributed by atoms with van der Waals surface area (Å²) in [5.41, 5.74) is 0.550. The summed E-state index contributed by atoms with van der Waals surface area (Å²) in [7, 11) is 1.62. The van der Waals surface area contributed by atoms with Crippen molar-refractivity contribution in [1.82, 2.24) is 0 Å². The Hall–Kier alpha value is -1.03. The highest BCUT2D eigenvalue weighted by Gasteiger charge is 2.39. The van der Waals surface area contributed by atoms with E-state index in [1.807, 2.05) is 18.2 Å². The zero-order chi connectivity index (χ0) is 13.9. The molecule has 0 spiro atoms. The van der Waals surface area contributed by atoms with Gasteiger partial charge < -0.3 is 10.1 Å². The fraction of sp³-hybridized carbons (Fsp3) is 0.533. The van der Waals surface area contributed by atoms with E-state index in [9.17, 15) is 4.79 Å². The first-order valence-corrected chi connectivity index (χ1v) is 7.55. The van der Waals surface area contributed by atoms with Crippen LogP contribution in [0.25, 0.3) is 0 Å². The molecule has 0 unspecified atom stereocenters. The number of nitrogens with one attached hydrogen (secondary N) is 1. The number of methoxy groups -OCH3 is 1. The average Bonchev–Trinajstić information content (AvgIpc) is 2.89. The molecule has 2 rings (SSSR count). The minimum Gasteiger partial charge on any atom is -0.495 e. The lowest BCUT2D eigenvalue weighted by Gasteiger charge is -2.26. The zero-order valence-electron chi connectivity index (χ0n) is 11.5. The number of anilines is 1. The smallest absolute Gasteiger partial charge is 0.230 e. The van der Waals surface area contributed by atoms with Gasteiger partial charge in [-0.3, -0.25) is 4.79 Å². The van der Waals surface area contributed by atoms with Crippen LogP contribution < -0.4 is 10.1 Å². The second-order valence-corrected chi connectivity index (χ2v) is 6.06. The fourth-order valence-corrected chi connectivity index (χ4v) is 3.19. The molecule has 104 valence electrons. The Morgan fingerprint density at radius 2 is 2.11 bits per heavy atom. The van der Waals surface area contributed by atoms with Crippen LogP contribution in [0.3, 0.4) is 0 Å². The van der Waals surface area contributed by atoms with Gasteiger partial charge in [0.15, 0.2) is 0 Å². The van der Waals surface area contributed by atoms with Gasteiger partial charge in [0, 0.05) is 9.89 Å². The van der Waals surface area contributed by atoms with Crippen molar-refractivity contribution in [2.45, 2.75) is 39.0 Å². The van der Waals surface area contributed by atoms with Gasteiger partial charge in [0.1, 0.15) is 5.75 Å². The van der Waals surface area contributed by atoms with E-state index >= 15 is 0 Å². The van der Waals surface area contributed by atoms with Gasteiger partial charge in [-0.2, -0.15) is 0 Å². The Balaban J connectivity index is 2.20. The molecule has 0 radical (unpaired) electrons. The van der Waals surface area contributed by atoms with Gasteiger partial charge in [0.05, 0.1) is 12.8 Å². The number of hydrogen-bond donors (Lipinski definition) is 1. The minimum absolute atomic E-state index is 0.129. The van der Waals surface area contributed by atoms with Gasteiger partial charge in [-0.05, 0) is 37.5 Å². The van der Waals surface area contributed by atoms with Crippen LogP contribution in [-0.2, 0) is 4.79 Å². The number of benzene rings is 1. The van der Waals surface area contributed by atoms with Crippen LogP contribution in [-0.4, -0.2) is 13.0 Å². The molecule has 0 bridgehead atoms. The largest absolute Gasteiger partial charge is 0.495 e. The summed E-state index contributed by atoms with van der Waals surface area (Å²) in [5.74, 6) is 0.824. The van der Waals surface area contributed by atoms with Crippen molar-refractivity contribution in [2.24, 2.45) is 5.41 Å². The summed E-state index contributed by atoms with van der Waals surface area (Å²) < 4.78 is 6.23. The summed E-state index contributed by atoms with van der Waals surface area (Å²) in [5, 5.41) is 3.04. The van der Waals surface area contributed by atoms with E-state index in [1.165, 1.54) is 0 Å². The Morgan fingerprint density at radius 1 is 1.42 bits per heavy atom. The molecule has 1 aliphatic rings. The van der Waals surface area contributed by atoms with Crippen LogP contribution in [0.1, 0.15) is 39.0 Å². The van der Waals surface area contributed by atoms with E-state index in [4.69, 9.17) is 4.74 Å². The van der Waals surface area contributed by atoms with Crippen molar-refractivity contribution in [3.05, 3.63) is 22.7 Å². The second-order valence-electron chi connectivity index (χ2n) is 5.14. The van der Waals surface area contributed by atoms with Crippen molar-refractivity contribution in [1.29, 1.82) is 0 Å². The predicted molar refractivity (Wildman–Crippen MR) is 80.5 cm³/mol. The van der Waals surface area contributed by atoms with E-state index in [0.29, 0.717) is 5.75 Å². The van der Waals surface area contributed by atoms with E-state index in [2.05, 4.69) is 28.2 Å². The van der Waals surface area contributed by atoms with Crippen molar-refractivity contribution < 1.29 is 9.53 Å². The number of halogens is 1. The molecule has 1 N–H and O–H groups in total. The average molecular weight is 326 g/mol. The first-order chi connectivity index (χ1) is 9.11. The normalized spacial score (nSPS) is 17.2. The molecule has 4 heteroatoms. The van der Waals surface area contributed by atoms with Gasteiger partial charge in [0.2, 0.25) is 5.91 Å². The van der Waals surface area contributed by atoms with Crippen LogP contribution in [0.2, 0.25) is 0 Å². The Morgan fingerprint density at radius 3 is 2.68 bits per heavy atom. The lowest BCUT2D eigenvalue weighted by atomic mass is 9.82. The third-order valence-electron chi connectivity index (χ3n) is 4.13. The fourth-order valence-electron chi connectivity index (χ4n) is 2.83. The lowest BCUT2D eigenvalue weighted by Crippen LogP contribution is -2.33. The summed E-state index contributed by atoms with van der Waals surface area (Å²) in [6.45, 7) is 2.10. The standard InChI is InChI=1S/C15H20BrNO2/c1-3-15(8-4-5-9-15)14(18)17-12-10-11(16)6-7-13(12)19-2/h6-7,10H,3-5,8-9H2,1-2H3,(H,17,18). The molecule has 0 heterocycles. The Bertz CT molecular complexity index is 467. The third-order valence-corrected chi connectivity index (χ3v) is 4.62. The first kappa shape index (κ1) is 14.4. The molecule has 1 aromatic carbocycles. The SMILES string of the molecule is CCC1(C(=O)Nc2cc(Br)ccc2OC)CCCC1. The topological polar surface area (TPSA) is 38.3 Å². The van der Waals surface area contributed by atoms with Gasteiger partial charge in [-0.1, -0.05) is 35.7 Å². The summed E-state index contributed by atoms with van der Waals surface area (Å²) >= 11 is 3.42. The van der Waals surface area contributed by atoms with Crippen molar-refractivity contribution in [3.8, 4) is 5.75 Å². The molecule has 0 aromatic heterocycles. The van der Waals surface area contributed by atoms with Gasteiger partial charge in [0.25, 0.3) is 0 Å². The molecular formula is C15H20BrNO2. The van der Waals surface area contributed by atoms with E-state index in [0.717, 1.165) is 42.3 Å². The van der Waals surface area contributed by atoms with Crippen molar-refractivity contribution in [2.75, 3.05) is 12.4 Å². The highest BCUT2D eigenvalue weighted by molar-refractivity contribution is 9.10. The number of amides is 1. The van der Waals surface area contributed by atoms with E-state index in [1.54, 1.807) is 7.11 Å². The molecule has 1 fully saturated rings. The number of carbonyl (C=O) groups excluding carboxylic acids is 1. The maximum atomic E-state index is 12.6. The highest BCUT2D eigenvalue weighted by atomic mass is 79.9. The molecule has 1 amide bonds. The number of rotatable bonds is 4. The summed E-state index contributed by atoms with van der Waals surface area (Å²) in [6.07, 6.45) is 5.18. The van der Waals surface area contributed by atoms with Gasteiger partial charge in [-0.15, -0.1) is 0 Å². The van der Waals surface area contributed by atoms with Crippen LogP contribution in [0.5, 0.6) is 5.75 Å². The second kappa shape index (κ2) is 5.95. The van der Waals surface area contributed by atoms with Crippen LogP contribution in [0.4, 0.5) is 5.69 Å². The molecule has 3 nitrogen and oxygen atoms in total. The quantitative estimate of drug-likeness (QED) is 0.892. The van der Waals surface area contributed by atoms with Gasteiger partial charge in [-0.25, -0.2) is 0 Å². The van der Waals surface area contributed by atoms with Crippen LogP contribution in [0.15, 0.2) is 22.7 Å². The number of carbonyl (C=O) groups is 1. The molecule has 1 aliphatic carbocycles.